The van der Waals surface area contributed by atoms with Crippen LogP contribution in [0.25, 0.3) is 11.4 Å². The molecule has 0 aliphatic carbocycles. The van der Waals surface area contributed by atoms with Crippen LogP contribution in [0, 0.1) is 0 Å². The minimum Gasteiger partial charge on any atom is -0.200 e. The highest BCUT2D eigenvalue weighted by Crippen LogP contribution is 2.15. The Morgan fingerprint density at radius 3 is 2.32 bits per heavy atom. The fraction of sp³-hybridized carbons (Fsp3) is 0. The normalized spacial score (nSPS) is 10.9. The van der Waals surface area contributed by atoms with Gasteiger partial charge in [0.05, 0.1) is 6.21 Å². The van der Waals surface area contributed by atoms with Crippen LogP contribution in [0.4, 0.5) is 0 Å². The Labute approximate surface area is 111 Å². The lowest BCUT2D eigenvalue weighted by Crippen LogP contribution is -1.93. The molecule has 0 aliphatic heterocycles. The van der Waals surface area contributed by atoms with Crippen molar-refractivity contribution in [2.24, 2.45) is 5.10 Å². The molecule has 0 amide bonds. The second-order valence-corrected chi connectivity index (χ2v) is 4.02. The van der Waals surface area contributed by atoms with Crippen LogP contribution in [0.5, 0.6) is 0 Å². The second-order valence-electron chi connectivity index (χ2n) is 4.02. The molecule has 0 radical (unpaired) electrons. The van der Waals surface area contributed by atoms with Crippen molar-refractivity contribution in [3.63, 3.8) is 0 Å². The number of nitrogens with zero attached hydrogens (tertiary/aromatic N) is 4. The van der Waals surface area contributed by atoms with Gasteiger partial charge in [-0.15, -0.1) is 10.2 Å². The van der Waals surface area contributed by atoms with Crippen LogP contribution in [0.3, 0.4) is 0 Å². The molecule has 4 heteroatoms. The molecule has 4 nitrogen and oxygen atoms in total. The minimum atomic E-state index is 0.729. The van der Waals surface area contributed by atoms with Crippen molar-refractivity contribution in [1.82, 2.24) is 14.9 Å². The number of benzene rings is 2. The van der Waals surface area contributed by atoms with E-state index >= 15 is 0 Å². The molecule has 0 saturated carbocycles. The summed E-state index contributed by atoms with van der Waals surface area (Å²) in [4.78, 5) is 0. The molecular weight excluding hydrogens is 236 g/mol. The monoisotopic (exact) mass is 248 g/mol. The lowest BCUT2D eigenvalue weighted by atomic mass is 10.2. The maximum absolute atomic E-state index is 4.38. The van der Waals surface area contributed by atoms with Gasteiger partial charge in [-0.25, -0.2) is 0 Å². The first-order valence-electron chi connectivity index (χ1n) is 5.98. The van der Waals surface area contributed by atoms with Gasteiger partial charge in [-0.05, 0) is 5.56 Å². The van der Waals surface area contributed by atoms with Crippen molar-refractivity contribution < 1.29 is 0 Å². The van der Waals surface area contributed by atoms with Gasteiger partial charge in [-0.3, -0.25) is 0 Å². The minimum absolute atomic E-state index is 0.729. The van der Waals surface area contributed by atoms with Crippen molar-refractivity contribution in [3.05, 3.63) is 72.6 Å². The molecule has 3 rings (SSSR count). The summed E-state index contributed by atoms with van der Waals surface area (Å²) in [6.45, 7) is 0. The van der Waals surface area contributed by atoms with E-state index in [1.165, 1.54) is 0 Å². The molecule has 0 unspecified atom stereocenters. The van der Waals surface area contributed by atoms with Gasteiger partial charge in [-0.2, -0.15) is 9.78 Å². The Morgan fingerprint density at radius 1 is 0.895 bits per heavy atom. The van der Waals surface area contributed by atoms with Gasteiger partial charge >= 0.3 is 0 Å². The molecule has 1 aromatic heterocycles. The van der Waals surface area contributed by atoms with Gasteiger partial charge in [-0.1, -0.05) is 60.7 Å². The molecule has 0 aliphatic rings. The summed E-state index contributed by atoms with van der Waals surface area (Å²) in [5, 5.41) is 12.4. The maximum atomic E-state index is 4.38. The Hall–Kier alpha value is -2.75. The van der Waals surface area contributed by atoms with E-state index in [4.69, 9.17) is 0 Å². The average molecular weight is 248 g/mol. The molecule has 0 atom stereocenters. The highest BCUT2D eigenvalue weighted by molar-refractivity contribution is 5.79. The summed E-state index contributed by atoms with van der Waals surface area (Å²) in [6, 6.07) is 19.8. The zero-order chi connectivity index (χ0) is 12.9. The SMILES string of the molecule is C(=N/n1cnnc1-c1ccccc1)/c1ccccc1. The van der Waals surface area contributed by atoms with E-state index < -0.39 is 0 Å². The van der Waals surface area contributed by atoms with Crippen molar-refractivity contribution in [3.8, 4) is 11.4 Å². The molecule has 92 valence electrons. The van der Waals surface area contributed by atoms with E-state index in [1.807, 2.05) is 60.7 Å². The molecule has 0 spiro atoms. The lowest BCUT2D eigenvalue weighted by molar-refractivity contribution is 0.888. The molecule has 0 N–H and O–H groups in total. The van der Waals surface area contributed by atoms with Crippen LogP contribution in [0.15, 0.2) is 72.1 Å². The molecule has 0 fully saturated rings. The van der Waals surface area contributed by atoms with Crippen molar-refractivity contribution in [2.75, 3.05) is 0 Å². The van der Waals surface area contributed by atoms with E-state index in [0.29, 0.717) is 0 Å². The standard InChI is InChI=1S/C15H12N4/c1-3-7-13(8-4-1)11-17-19-12-16-18-15(19)14-9-5-2-6-10-14/h1-12H/b17-11-. The highest BCUT2D eigenvalue weighted by atomic mass is 15.4. The first-order chi connectivity index (χ1) is 9.43. The van der Waals surface area contributed by atoms with Gasteiger partial charge in [0.1, 0.15) is 6.33 Å². The summed E-state index contributed by atoms with van der Waals surface area (Å²) in [5.41, 5.74) is 2.03. The van der Waals surface area contributed by atoms with Gasteiger partial charge in [0.2, 0.25) is 0 Å². The second kappa shape index (κ2) is 5.27. The zero-order valence-electron chi connectivity index (χ0n) is 10.2. The third-order valence-corrected chi connectivity index (χ3v) is 2.69. The predicted molar refractivity (Wildman–Crippen MR) is 74.9 cm³/mol. The molecule has 0 bridgehead atoms. The van der Waals surface area contributed by atoms with Crippen LogP contribution in [0.2, 0.25) is 0 Å². The molecule has 19 heavy (non-hydrogen) atoms. The first-order valence-corrected chi connectivity index (χ1v) is 5.98. The topological polar surface area (TPSA) is 43.1 Å². The summed E-state index contributed by atoms with van der Waals surface area (Å²) in [7, 11) is 0. The fourth-order valence-electron chi connectivity index (χ4n) is 1.76. The third kappa shape index (κ3) is 2.57. The zero-order valence-corrected chi connectivity index (χ0v) is 10.2. The first kappa shape index (κ1) is 11.3. The van der Waals surface area contributed by atoms with Gasteiger partial charge in [0.15, 0.2) is 5.82 Å². The van der Waals surface area contributed by atoms with Crippen LogP contribution < -0.4 is 0 Å². The summed E-state index contributed by atoms with van der Waals surface area (Å²) in [5.74, 6) is 0.729. The number of aromatic nitrogens is 3. The highest BCUT2D eigenvalue weighted by Gasteiger charge is 2.04. The van der Waals surface area contributed by atoms with E-state index in [0.717, 1.165) is 17.0 Å². The van der Waals surface area contributed by atoms with Crippen LogP contribution in [0.1, 0.15) is 5.56 Å². The van der Waals surface area contributed by atoms with E-state index in [2.05, 4.69) is 15.3 Å². The van der Waals surface area contributed by atoms with Crippen LogP contribution >= 0.6 is 0 Å². The molecule has 2 aromatic carbocycles. The smallest absolute Gasteiger partial charge is 0.184 e. The summed E-state index contributed by atoms with van der Waals surface area (Å²) >= 11 is 0. The number of rotatable bonds is 3. The molecule has 3 aromatic rings. The largest absolute Gasteiger partial charge is 0.200 e. The van der Waals surface area contributed by atoms with Gasteiger partial charge in [0, 0.05) is 5.56 Å². The summed E-state index contributed by atoms with van der Waals surface area (Å²) < 4.78 is 1.67. The quantitative estimate of drug-likeness (QED) is 0.669. The van der Waals surface area contributed by atoms with Gasteiger partial charge < -0.3 is 0 Å². The molecule has 0 saturated heterocycles. The van der Waals surface area contributed by atoms with E-state index in [9.17, 15) is 0 Å². The van der Waals surface area contributed by atoms with Crippen molar-refractivity contribution in [1.29, 1.82) is 0 Å². The summed E-state index contributed by atoms with van der Waals surface area (Å²) in [6.07, 6.45) is 3.39. The van der Waals surface area contributed by atoms with Crippen molar-refractivity contribution in [2.45, 2.75) is 0 Å². The predicted octanol–water partition coefficient (Wildman–Crippen LogP) is 2.83. The number of hydrogen-bond donors (Lipinski definition) is 0. The van der Waals surface area contributed by atoms with Crippen LogP contribution in [-0.4, -0.2) is 21.1 Å². The Balaban J connectivity index is 1.91. The lowest BCUT2D eigenvalue weighted by Gasteiger charge is -1.99. The Bertz CT molecular complexity index is 672. The molecule has 1 heterocycles. The molecular formula is C15H12N4. The van der Waals surface area contributed by atoms with Crippen LogP contribution in [-0.2, 0) is 0 Å². The fourth-order valence-corrected chi connectivity index (χ4v) is 1.76. The third-order valence-electron chi connectivity index (χ3n) is 2.69. The Morgan fingerprint density at radius 2 is 1.58 bits per heavy atom. The van der Waals surface area contributed by atoms with E-state index in [-0.39, 0.29) is 0 Å². The average Bonchev–Trinajstić information content (AvgIpc) is 2.95. The van der Waals surface area contributed by atoms with Crippen molar-refractivity contribution >= 4 is 6.21 Å². The number of hydrogen-bond acceptors (Lipinski definition) is 3. The maximum Gasteiger partial charge on any atom is 0.184 e. The Kier molecular flexibility index (Phi) is 3.14. The van der Waals surface area contributed by atoms with E-state index in [1.54, 1.807) is 17.2 Å². The van der Waals surface area contributed by atoms with Gasteiger partial charge in [0.25, 0.3) is 0 Å².